The molecule has 6 N–H and O–H groups in total. The van der Waals surface area contributed by atoms with Gasteiger partial charge >= 0.3 is 17.7 Å². The van der Waals surface area contributed by atoms with Crippen LogP contribution in [0.5, 0.6) is 17.2 Å². The smallest absolute Gasteiger partial charge is 0.404 e. The lowest BCUT2D eigenvalue weighted by Gasteiger charge is -2.47. The molecule has 1 amide bonds. The molecule has 4 rings (SSSR count). The molecule has 45 heavy (non-hydrogen) atoms. The molecule has 0 aliphatic carbocycles. The molecule has 1 aromatic heterocycles. The third-order valence-electron chi connectivity index (χ3n) is 7.44. The number of carboxylic acids is 1. The number of carbonyl (C=O) groups excluding carboxylic acids is 2. The molecule has 240 valence electrons. The number of phenolic OH excluding ortho intramolecular Hbond substituents is 1. The van der Waals surface area contributed by atoms with E-state index in [1.165, 1.54) is 50.4 Å². The second kappa shape index (κ2) is 13.0. The van der Waals surface area contributed by atoms with Crippen LogP contribution in [0.25, 0.3) is 11.0 Å². The van der Waals surface area contributed by atoms with Gasteiger partial charge in [-0.2, -0.15) is 0 Å². The maximum Gasteiger partial charge on any atom is 0.404 e. The molecular weight excluding hydrogens is 594 g/mol. The normalized spacial score (nSPS) is 21.1. The Bertz CT molecular complexity index is 1720. The zero-order valence-electron chi connectivity index (χ0n) is 24.8. The summed E-state index contributed by atoms with van der Waals surface area (Å²) < 4.78 is 27.8. The molecule has 2 heterocycles. The van der Waals surface area contributed by atoms with Crippen molar-refractivity contribution in [1.29, 1.82) is 0 Å². The summed E-state index contributed by atoms with van der Waals surface area (Å²) in [6.07, 6.45) is -4.46. The van der Waals surface area contributed by atoms with Gasteiger partial charge < -0.3 is 49.5 Å². The number of carboxylic acid groups (broad SMARTS) is 1. The second-order valence-corrected chi connectivity index (χ2v) is 10.9. The molecule has 1 aliphatic heterocycles. The van der Waals surface area contributed by atoms with Crippen LogP contribution in [0, 0.1) is 6.92 Å². The van der Waals surface area contributed by atoms with Gasteiger partial charge in [0, 0.05) is 30.7 Å². The number of amides is 1. The lowest BCUT2D eigenvalue weighted by molar-refractivity contribution is -0.304. The summed E-state index contributed by atoms with van der Waals surface area (Å²) in [6, 6.07) is 6.82. The van der Waals surface area contributed by atoms with Gasteiger partial charge in [-0.3, -0.25) is 4.79 Å². The fourth-order valence-corrected chi connectivity index (χ4v) is 5.23. The Morgan fingerprint density at radius 3 is 2.49 bits per heavy atom. The minimum absolute atomic E-state index is 0.0402. The highest BCUT2D eigenvalue weighted by Crippen LogP contribution is 2.38. The van der Waals surface area contributed by atoms with Gasteiger partial charge in [-0.15, -0.1) is 0 Å². The monoisotopic (exact) mass is 627 g/mol. The van der Waals surface area contributed by atoms with Crippen LogP contribution in [-0.2, 0) is 31.8 Å². The fourth-order valence-electron chi connectivity index (χ4n) is 5.23. The van der Waals surface area contributed by atoms with E-state index >= 15 is 0 Å². The SMILES string of the molecule is CO[C@@H]1[C@@H](OC(N)=O)[C@@H](O)[C@H](Oc2ccc3c(O)c(CC(=O)c4ccc(O)c(C/C=C/C(=O)O)c4)c(=O)oc3c2C)OC1(C)C. The van der Waals surface area contributed by atoms with E-state index in [9.17, 15) is 34.5 Å². The zero-order valence-corrected chi connectivity index (χ0v) is 24.8. The third-order valence-corrected chi connectivity index (χ3v) is 7.44. The standard InChI is InChI=1S/C31H33NO13/c1-14-21(42-29-24(38)26(44-30(32)40)27(41-4)31(2,3)45-29)11-9-17-23(37)18(28(39)43-25(14)17)13-20(34)16-8-10-19(33)15(12-16)6-5-7-22(35)36/h5,7-12,24,26-27,29,33,37-38H,6,13H2,1-4H3,(H2,32,40)(H,35,36)/b7-5+/t24-,26+,27-,29-/m1/s1. The molecule has 0 bridgehead atoms. The van der Waals surface area contributed by atoms with Crippen LogP contribution in [0.3, 0.4) is 0 Å². The molecule has 0 spiro atoms. The predicted molar refractivity (Wildman–Crippen MR) is 156 cm³/mol. The summed E-state index contributed by atoms with van der Waals surface area (Å²) in [4.78, 5) is 48.3. The Balaban J connectivity index is 1.61. The van der Waals surface area contributed by atoms with Crippen molar-refractivity contribution in [3.05, 3.63) is 75.2 Å². The number of aliphatic carboxylic acids is 1. The van der Waals surface area contributed by atoms with Crippen molar-refractivity contribution in [3.63, 3.8) is 0 Å². The Morgan fingerprint density at radius 2 is 1.84 bits per heavy atom. The summed E-state index contributed by atoms with van der Waals surface area (Å²) in [7, 11) is 1.36. The van der Waals surface area contributed by atoms with Crippen LogP contribution in [0.15, 0.2) is 51.7 Å². The van der Waals surface area contributed by atoms with E-state index in [4.69, 9.17) is 34.2 Å². The van der Waals surface area contributed by atoms with Crippen molar-refractivity contribution in [1.82, 2.24) is 0 Å². The van der Waals surface area contributed by atoms with Gasteiger partial charge in [-0.1, -0.05) is 6.08 Å². The first-order valence-electron chi connectivity index (χ1n) is 13.7. The lowest BCUT2D eigenvalue weighted by Crippen LogP contribution is -2.65. The highest BCUT2D eigenvalue weighted by molar-refractivity contribution is 5.99. The molecular formula is C31H33NO13. The molecule has 2 aromatic carbocycles. The number of aliphatic hydroxyl groups is 1. The first-order valence-corrected chi connectivity index (χ1v) is 13.7. The first kappa shape index (κ1) is 33.0. The molecule has 0 unspecified atom stereocenters. The average Bonchev–Trinajstić information content (AvgIpc) is 2.95. The highest BCUT2D eigenvalue weighted by Gasteiger charge is 2.53. The van der Waals surface area contributed by atoms with Crippen molar-refractivity contribution < 1.29 is 58.2 Å². The van der Waals surface area contributed by atoms with E-state index < -0.39 is 65.8 Å². The second-order valence-electron chi connectivity index (χ2n) is 10.9. The van der Waals surface area contributed by atoms with Crippen molar-refractivity contribution in [2.24, 2.45) is 5.73 Å². The minimum Gasteiger partial charge on any atom is -0.508 e. The number of primary amides is 1. The molecule has 3 aromatic rings. The van der Waals surface area contributed by atoms with Gasteiger partial charge in [0.2, 0.25) is 6.29 Å². The van der Waals surface area contributed by atoms with Gasteiger partial charge in [0.05, 0.1) is 16.6 Å². The fraction of sp³-hybridized carbons (Fsp3) is 0.355. The van der Waals surface area contributed by atoms with Crippen LogP contribution in [-0.4, -0.2) is 75.6 Å². The number of nitrogens with two attached hydrogens (primary N) is 1. The van der Waals surface area contributed by atoms with E-state index in [1.807, 2.05) is 0 Å². The predicted octanol–water partition coefficient (Wildman–Crippen LogP) is 2.47. The van der Waals surface area contributed by atoms with E-state index in [0.29, 0.717) is 0 Å². The van der Waals surface area contributed by atoms with Gasteiger partial charge in [0.25, 0.3) is 0 Å². The maximum atomic E-state index is 13.1. The number of aromatic hydroxyl groups is 2. The van der Waals surface area contributed by atoms with Gasteiger partial charge in [-0.05, 0) is 63.1 Å². The number of hydrogen-bond acceptors (Lipinski definition) is 12. The number of allylic oxidation sites excluding steroid dienone is 1. The van der Waals surface area contributed by atoms with Crippen molar-refractivity contribution >= 4 is 28.8 Å². The number of benzene rings is 2. The molecule has 4 atom stereocenters. The number of carbonyl (C=O) groups is 3. The van der Waals surface area contributed by atoms with Crippen LogP contribution in [0.2, 0.25) is 0 Å². The summed E-state index contributed by atoms with van der Waals surface area (Å²) in [5, 5.41) is 40.9. The lowest BCUT2D eigenvalue weighted by atomic mass is 9.89. The number of aryl methyl sites for hydroxylation is 1. The third kappa shape index (κ3) is 6.93. The van der Waals surface area contributed by atoms with Crippen LogP contribution in [0.1, 0.15) is 40.9 Å². The highest BCUT2D eigenvalue weighted by atomic mass is 16.7. The number of rotatable bonds is 10. The number of ketones is 1. The minimum atomic E-state index is -1.53. The topological polar surface area (TPSA) is 225 Å². The maximum absolute atomic E-state index is 13.1. The summed E-state index contributed by atoms with van der Waals surface area (Å²) in [6.45, 7) is 4.82. The quantitative estimate of drug-likeness (QED) is 0.124. The largest absolute Gasteiger partial charge is 0.508 e. The summed E-state index contributed by atoms with van der Waals surface area (Å²) in [5.41, 5.74) is 3.42. The van der Waals surface area contributed by atoms with Gasteiger partial charge in [-0.25, -0.2) is 14.4 Å². The molecule has 1 fully saturated rings. The number of fused-ring (bicyclic) bond motifs is 1. The van der Waals surface area contributed by atoms with E-state index in [1.54, 1.807) is 13.8 Å². The molecule has 1 aliphatic rings. The summed E-state index contributed by atoms with van der Waals surface area (Å²) in [5.74, 6) is -2.25. The molecule has 1 saturated heterocycles. The number of ether oxygens (including phenoxy) is 4. The van der Waals surface area contributed by atoms with Crippen LogP contribution < -0.4 is 16.1 Å². The van der Waals surface area contributed by atoms with Crippen molar-refractivity contribution in [2.75, 3.05) is 7.11 Å². The van der Waals surface area contributed by atoms with Crippen LogP contribution >= 0.6 is 0 Å². The Labute approximate surface area is 256 Å². The first-order chi connectivity index (χ1) is 21.1. The van der Waals surface area contributed by atoms with E-state index in [-0.39, 0.29) is 51.1 Å². The van der Waals surface area contributed by atoms with Gasteiger partial charge in [0.1, 0.15) is 28.9 Å². The Morgan fingerprint density at radius 1 is 1.13 bits per heavy atom. The number of phenols is 1. The summed E-state index contributed by atoms with van der Waals surface area (Å²) >= 11 is 0. The molecule has 0 radical (unpaired) electrons. The molecule has 0 saturated carbocycles. The zero-order chi connectivity index (χ0) is 33.2. The number of aliphatic hydroxyl groups excluding tert-OH is 1. The van der Waals surface area contributed by atoms with Crippen molar-refractivity contribution in [2.45, 2.75) is 63.8 Å². The number of methoxy groups -OCH3 is 1. The number of Topliss-reactive ketones (excluding diaryl/α,β-unsaturated/α-hetero) is 1. The van der Waals surface area contributed by atoms with E-state index in [2.05, 4.69) is 0 Å². The number of hydrogen-bond donors (Lipinski definition) is 5. The molecule has 14 nitrogen and oxygen atoms in total. The van der Waals surface area contributed by atoms with Gasteiger partial charge in [0.15, 0.2) is 18.0 Å². The van der Waals surface area contributed by atoms with Crippen LogP contribution in [0.4, 0.5) is 4.79 Å². The van der Waals surface area contributed by atoms with E-state index in [0.717, 1.165) is 6.08 Å². The molecule has 14 heteroatoms. The Hall–Kier alpha value is -4.92. The van der Waals surface area contributed by atoms with Crippen molar-refractivity contribution in [3.8, 4) is 17.2 Å². The average molecular weight is 628 g/mol. The Kier molecular flexibility index (Phi) is 9.51.